The van der Waals surface area contributed by atoms with E-state index in [1.54, 1.807) is 0 Å². The van der Waals surface area contributed by atoms with Gasteiger partial charge in [0, 0.05) is 46.3 Å². The first-order valence-electron chi connectivity index (χ1n) is 14.9. The van der Waals surface area contributed by atoms with Crippen LogP contribution in [0, 0.1) is 0 Å². The second-order valence-corrected chi connectivity index (χ2v) is 13.7. The lowest BCUT2D eigenvalue weighted by molar-refractivity contribution is 0.484. The maximum absolute atomic E-state index is 6.54. The van der Waals surface area contributed by atoms with Crippen LogP contribution in [-0.4, -0.2) is 18.8 Å². The van der Waals surface area contributed by atoms with Gasteiger partial charge in [-0.2, -0.15) is 0 Å². The molecule has 0 bridgehead atoms. The third kappa shape index (κ3) is 3.98. The molecule has 43 heavy (non-hydrogen) atoms. The van der Waals surface area contributed by atoms with Crippen molar-refractivity contribution >= 4 is 54.6 Å². The van der Waals surface area contributed by atoms with Gasteiger partial charge in [-0.15, -0.1) is 0 Å². The predicted molar refractivity (Wildman–Crippen MR) is 178 cm³/mol. The van der Waals surface area contributed by atoms with E-state index < -0.39 is 0 Å². The van der Waals surface area contributed by atoms with Crippen LogP contribution in [0.3, 0.4) is 0 Å². The fourth-order valence-corrected chi connectivity index (χ4v) is 6.40. The number of rotatable bonds is 2. The quantitative estimate of drug-likeness (QED) is 0.197. The van der Waals surface area contributed by atoms with Gasteiger partial charge in [-0.3, -0.25) is 8.80 Å². The molecule has 0 radical (unpaired) electrons. The number of benzene rings is 4. The van der Waals surface area contributed by atoms with Crippen LogP contribution < -0.4 is 4.74 Å². The van der Waals surface area contributed by atoms with Crippen molar-refractivity contribution < 1.29 is 4.74 Å². The molecule has 5 heteroatoms. The molecule has 0 N–H and O–H groups in total. The summed E-state index contributed by atoms with van der Waals surface area (Å²) >= 11 is 0. The van der Waals surface area contributed by atoms with Gasteiger partial charge in [0.1, 0.15) is 22.8 Å². The van der Waals surface area contributed by atoms with Crippen LogP contribution in [0.2, 0.25) is 0 Å². The number of pyridine rings is 2. The van der Waals surface area contributed by atoms with E-state index in [2.05, 4.69) is 123 Å². The Hall–Kier alpha value is -4.90. The van der Waals surface area contributed by atoms with Crippen LogP contribution in [0.15, 0.2) is 97.6 Å². The third-order valence-corrected chi connectivity index (χ3v) is 8.81. The molecule has 0 spiro atoms. The van der Waals surface area contributed by atoms with E-state index in [9.17, 15) is 0 Å². The van der Waals surface area contributed by atoms with Gasteiger partial charge in [0.05, 0.1) is 11.0 Å². The Morgan fingerprint density at radius 3 is 1.60 bits per heavy atom. The van der Waals surface area contributed by atoms with Crippen LogP contribution in [-0.2, 0) is 10.8 Å². The van der Waals surface area contributed by atoms with Crippen molar-refractivity contribution in [3.05, 3.63) is 109 Å². The minimum absolute atomic E-state index is 0.0595. The summed E-state index contributed by atoms with van der Waals surface area (Å²) in [5.41, 5.74) is 6.92. The Morgan fingerprint density at radius 2 is 1.00 bits per heavy atom. The lowest BCUT2D eigenvalue weighted by Crippen LogP contribution is -2.11. The van der Waals surface area contributed by atoms with Crippen molar-refractivity contribution in [3.63, 3.8) is 0 Å². The monoisotopic (exact) mass is 562 g/mol. The van der Waals surface area contributed by atoms with Crippen LogP contribution in [0.1, 0.15) is 52.7 Å². The Bertz CT molecular complexity index is 2400. The minimum atomic E-state index is 0.0595. The standard InChI is InChI=1S/C38H34N4O/c1-37(2,3)23-8-14-33-30(19-23)28-13-10-26(22-32(28)35-39-15-17-41(33)35)43-25-9-12-27-29-11-7-24(38(4,5)6)20-34(29)42-18-16-40-36(42)31(27)21-25/h7-22H,1-6H3. The number of nitrogens with zero attached hydrogens (tertiary/aromatic N) is 4. The molecule has 4 aromatic heterocycles. The highest BCUT2D eigenvalue weighted by Crippen LogP contribution is 2.38. The molecule has 0 fully saturated rings. The lowest BCUT2D eigenvalue weighted by atomic mass is 9.86. The van der Waals surface area contributed by atoms with Crippen molar-refractivity contribution in [2.45, 2.75) is 52.4 Å². The smallest absolute Gasteiger partial charge is 0.145 e. The third-order valence-electron chi connectivity index (χ3n) is 8.81. The molecule has 5 nitrogen and oxygen atoms in total. The van der Waals surface area contributed by atoms with Gasteiger partial charge in [0.2, 0.25) is 0 Å². The van der Waals surface area contributed by atoms with Crippen LogP contribution in [0.4, 0.5) is 0 Å². The summed E-state index contributed by atoms with van der Waals surface area (Å²) in [4.78, 5) is 9.49. The molecule has 212 valence electrons. The van der Waals surface area contributed by atoms with Gasteiger partial charge in [-0.05, 0) is 87.3 Å². The second kappa shape index (κ2) is 8.81. The summed E-state index contributed by atoms with van der Waals surface area (Å²) in [5.74, 6) is 1.55. The predicted octanol–water partition coefficient (Wildman–Crippen LogP) is 9.98. The van der Waals surface area contributed by atoms with Crippen molar-refractivity contribution in [3.8, 4) is 11.5 Å². The zero-order valence-electron chi connectivity index (χ0n) is 25.4. The first-order chi connectivity index (χ1) is 20.6. The number of hydrogen-bond donors (Lipinski definition) is 0. The molecular weight excluding hydrogens is 528 g/mol. The first kappa shape index (κ1) is 25.8. The molecule has 0 unspecified atom stereocenters. The summed E-state index contributed by atoms with van der Waals surface area (Å²) in [6, 6.07) is 26.2. The highest BCUT2D eigenvalue weighted by molar-refractivity contribution is 6.13. The van der Waals surface area contributed by atoms with Crippen LogP contribution in [0.25, 0.3) is 54.6 Å². The maximum Gasteiger partial charge on any atom is 0.145 e. The highest BCUT2D eigenvalue weighted by atomic mass is 16.5. The number of ether oxygens (including phenoxy) is 1. The molecule has 0 aliphatic rings. The summed E-state index contributed by atoms with van der Waals surface area (Å²) < 4.78 is 10.9. The number of aromatic nitrogens is 4. The lowest BCUT2D eigenvalue weighted by Gasteiger charge is -2.20. The highest BCUT2D eigenvalue weighted by Gasteiger charge is 2.19. The zero-order valence-corrected chi connectivity index (χ0v) is 25.4. The normalized spacial score (nSPS) is 12.9. The van der Waals surface area contributed by atoms with E-state index in [1.807, 2.05) is 24.8 Å². The number of imidazole rings is 2. The Balaban J connectivity index is 1.27. The molecular formula is C38H34N4O. The van der Waals surface area contributed by atoms with Gasteiger partial charge in [-0.1, -0.05) is 59.7 Å². The van der Waals surface area contributed by atoms with Gasteiger partial charge >= 0.3 is 0 Å². The fourth-order valence-electron chi connectivity index (χ4n) is 6.40. The van der Waals surface area contributed by atoms with Crippen molar-refractivity contribution in [2.24, 2.45) is 0 Å². The van der Waals surface area contributed by atoms with E-state index in [0.29, 0.717) is 0 Å². The topological polar surface area (TPSA) is 43.8 Å². The van der Waals surface area contributed by atoms with Crippen molar-refractivity contribution in [1.29, 1.82) is 0 Å². The van der Waals surface area contributed by atoms with Crippen molar-refractivity contribution in [1.82, 2.24) is 18.8 Å². The van der Waals surface area contributed by atoms with Gasteiger partial charge in [0.25, 0.3) is 0 Å². The summed E-state index contributed by atoms with van der Waals surface area (Å²) in [6.07, 6.45) is 7.83. The van der Waals surface area contributed by atoms with E-state index >= 15 is 0 Å². The molecule has 4 heterocycles. The Labute approximate surface area is 250 Å². The van der Waals surface area contributed by atoms with E-state index in [-0.39, 0.29) is 10.8 Å². The van der Waals surface area contributed by atoms with Gasteiger partial charge in [-0.25, -0.2) is 9.97 Å². The average molecular weight is 563 g/mol. The molecule has 0 aliphatic carbocycles. The number of hydrogen-bond acceptors (Lipinski definition) is 3. The molecule has 4 aromatic carbocycles. The molecule has 8 aromatic rings. The SMILES string of the molecule is CC(C)(C)c1ccc2c(c1)c1ccc(Oc3ccc4c5ccc(C(C)(C)C)cc5n5ccnc5c4c3)cc1c1nccn21. The molecule has 8 rings (SSSR count). The minimum Gasteiger partial charge on any atom is -0.457 e. The summed E-state index contributed by atoms with van der Waals surface area (Å²) in [5, 5.41) is 6.89. The van der Waals surface area contributed by atoms with Gasteiger partial charge < -0.3 is 4.74 Å². The molecule has 0 atom stereocenters. The summed E-state index contributed by atoms with van der Waals surface area (Å²) in [6.45, 7) is 13.5. The average Bonchev–Trinajstić information content (AvgIpc) is 3.67. The van der Waals surface area contributed by atoms with Crippen LogP contribution >= 0.6 is 0 Å². The van der Waals surface area contributed by atoms with E-state index in [1.165, 1.54) is 38.2 Å². The van der Waals surface area contributed by atoms with E-state index in [4.69, 9.17) is 14.7 Å². The first-order valence-corrected chi connectivity index (χ1v) is 14.9. The number of fused-ring (bicyclic) bond motifs is 12. The summed E-state index contributed by atoms with van der Waals surface area (Å²) in [7, 11) is 0. The molecule has 0 aliphatic heterocycles. The van der Waals surface area contributed by atoms with E-state index in [0.717, 1.165) is 39.1 Å². The largest absolute Gasteiger partial charge is 0.457 e. The molecule has 0 saturated carbocycles. The molecule has 0 saturated heterocycles. The van der Waals surface area contributed by atoms with Crippen LogP contribution in [0.5, 0.6) is 11.5 Å². The molecule has 0 amide bonds. The Morgan fingerprint density at radius 1 is 0.488 bits per heavy atom. The Kier molecular flexibility index (Phi) is 5.28. The second-order valence-electron chi connectivity index (χ2n) is 13.7. The zero-order chi connectivity index (χ0) is 29.7. The fraction of sp³-hybridized carbons (Fsp3) is 0.211. The maximum atomic E-state index is 6.54. The van der Waals surface area contributed by atoms with Gasteiger partial charge in [0.15, 0.2) is 0 Å². The van der Waals surface area contributed by atoms with Crippen molar-refractivity contribution in [2.75, 3.05) is 0 Å².